The molecule has 3 amide bonds. The van der Waals surface area contributed by atoms with Gasteiger partial charge in [0.25, 0.3) is 0 Å². The molecule has 0 saturated carbocycles. The molecular weight excluding hydrogens is 339 g/mol. The number of hydrogen-bond acceptors (Lipinski definition) is 4. The van der Waals surface area contributed by atoms with Gasteiger partial charge >= 0.3 is 0 Å². The van der Waals surface area contributed by atoms with Crippen molar-refractivity contribution in [3.63, 3.8) is 0 Å². The second-order valence-electron chi connectivity index (χ2n) is 6.29. The van der Waals surface area contributed by atoms with E-state index in [2.05, 4.69) is 10.6 Å². The molecule has 1 aromatic rings. The van der Waals surface area contributed by atoms with Crippen molar-refractivity contribution >= 4 is 17.7 Å². The van der Waals surface area contributed by atoms with Gasteiger partial charge in [-0.1, -0.05) is 12.1 Å². The van der Waals surface area contributed by atoms with E-state index in [1.807, 2.05) is 4.90 Å². The minimum absolute atomic E-state index is 0.0102. The first-order chi connectivity index (χ1) is 12.4. The summed E-state index contributed by atoms with van der Waals surface area (Å²) in [5, 5.41) is 5.36. The average molecular weight is 364 g/mol. The van der Waals surface area contributed by atoms with E-state index in [0.717, 1.165) is 5.56 Å². The minimum Gasteiger partial charge on any atom is -0.355 e. The van der Waals surface area contributed by atoms with Crippen molar-refractivity contribution in [1.82, 2.24) is 20.4 Å². The SMILES string of the molecule is CC(=O)NCCNC(=O)CN1CCN(C(=O)Cc2ccc(F)cc2)CC1. The van der Waals surface area contributed by atoms with Crippen LogP contribution in [0.25, 0.3) is 0 Å². The third-order valence-corrected chi connectivity index (χ3v) is 4.18. The summed E-state index contributed by atoms with van der Waals surface area (Å²) in [7, 11) is 0. The maximum absolute atomic E-state index is 12.9. The fraction of sp³-hybridized carbons (Fsp3) is 0.500. The fourth-order valence-electron chi connectivity index (χ4n) is 2.74. The lowest BCUT2D eigenvalue weighted by Crippen LogP contribution is -2.51. The van der Waals surface area contributed by atoms with E-state index < -0.39 is 0 Å². The van der Waals surface area contributed by atoms with E-state index in [4.69, 9.17) is 0 Å². The van der Waals surface area contributed by atoms with Gasteiger partial charge in [-0.25, -0.2) is 4.39 Å². The Morgan fingerprint density at radius 1 is 1.00 bits per heavy atom. The Morgan fingerprint density at radius 3 is 2.23 bits per heavy atom. The van der Waals surface area contributed by atoms with Gasteiger partial charge in [0.05, 0.1) is 13.0 Å². The largest absolute Gasteiger partial charge is 0.355 e. The lowest BCUT2D eigenvalue weighted by atomic mass is 10.1. The average Bonchev–Trinajstić information content (AvgIpc) is 2.61. The van der Waals surface area contributed by atoms with Crippen LogP contribution in [-0.2, 0) is 20.8 Å². The fourth-order valence-corrected chi connectivity index (χ4v) is 2.74. The van der Waals surface area contributed by atoms with Crippen molar-refractivity contribution in [2.75, 3.05) is 45.8 Å². The quantitative estimate of drug-likeness (QED) is 0.655. The van der Waals surface area contributed by atoms with Crippen LogP contribution < -0.4 is 10.6 Å². The van der Waals surface area contributed by atoms with Gasteiger partial charge in [-0.2, -0.15) is 0 Å². The lowest BCUT2D eigenvalue weighted by molar-refractivity contribution is -0.132. The van der Waals surface area contributed by atoms with Crippen LogP contribution in [0, 0.1) is 5.82 Å². The summed E-state index contributed by atoms with van der Waals surface area (Å²) in [6.07, 6.45) is 0.254. The van der Waals surface area contributed by atoms with Gasteiger partial charge in [0.15, 0.2) is 0 Å². The molecule has 0 radical (unpaired) electrons. The molecule has 1 fully saturated rings. The summed E-state index contributed by atoms with van der Waals surface area (Å²) < 4.78 is 12.9. The number of carbonyl (C=O) groups is 3. The highest BCUT2D eigenvalue weighted by atomic mass is 19.1. The van der Waals surface area contributed by atoms with Crippen molar-refractivity contribution in [3.05, 3.63) is 35.6 Å². The number of benzene rings is 1. The van der Waals surface area contributed by atoms with Gasteiger partial charge in [0.1, 0.15) is 5.82 Å². The molecule has 1 saturated heterocycles. The first-order valence-electron chi connectivity index (χ1n) is 8.70. The first kappa shape index (κ1) is 19.8. The number of amides is 3. The number of hydrogen-bond donors (Lipinski definition) is 2. The normalized spacial score (nSPS) is 14.8. The Bertz CT molecular complexity index is 628. The van der Waals surface area contributed by atoms with Gasteiger partial charge in [0, 0.05) is 46.2 Å². The number of halogens is 1. The maximum atomic E-state index is 12.9. The summed E-state index contributed by atoms with van der Waals surface area (Å²) in [4.78, 5) is 38.7. The van der Waals surface area contributed by atoms with Gasteiger partial charge in [0.2, 0.25) is 17.7 Å². The molecule has 1 aliphatic heterocycles. The van der Waals surface area contributed by atoms with Crippen molar-refractivity contribution in [2.45, 2.75) is 13.3 Å². The van der Waals surface area contributed by atoms with Gasteiger partial charge in [-0.15, -0.1) is 0 Å². The molecule has 26 heavy (non-hydrogen) atoms. The summed E-state index contributed by atoms with van der Waals surface area (Å²) in [6, 6.07) is 5.94. The molecule has 8 heteroatoms. The smallest absolute Gasteiger partial charge is 0.234 e. The summed E-state index contributed by atoms with van der Waals surface area (Å²) in [5.41, 5.74) is 0.789. The van der Waals surface area contributed by atoms with E-state index >= 15 is 0 Å². The van der Waals surface area contributed by atoms with Gasteiger partial charge in [-0.05, 0) is 17.7 Å². The predicted octanol–water partition coefficient (Wildman–Crippen LogP) is -0.235. The molecule has 2 rings (SSSR count). The van der Waals surface area contributed by atoms with Crippen LogP contribution in [-0.4, -0.2) is 73.3 Å². The molecule has 0 spiro atoms. The zero-order chi connectivity index (χ0) is 18.9. The lowest BCUT2D eigenvalue weighted by Gasteiger charge is -2.34. The third-order valence-electron chi connectivity index (χ3n) is 4.18. The molecule has 1 aromatic carbocycles. The molecule has 142 valence electrons. The molecule has 0 aromatic heterocycles. The topological polar surface area (TPSA) is 81.8 Å². The molecule has 1 aliphatic rings. The van der Waals surface area contributed by atoms with Crippen LogP contribution in [0.5, 0.6) is 0 Å². The standard InChI is InChI=1S/C18H25FN4O3/c1-14(24)20-6-7-21-17(25)13-22-8-10-23(11-9-22)18(26)12-15-2-4-16(19)5-3-15/h2-5H,6-13H2,1H3,(H,20,24)(H,21,25). The Hall–Kier alpha value is -2.48. The summed E-state index contributed by atoms with van der Waals surface area (Å²) in [6.45, 7) is 4.92. The van der Waals surface area contributed by atoms with E-state index in [-0.39, 0.29) is 36.5 Å². The maximum Gasteiger partial charge on any atom is 0.234 e. The second-order valence-corrected chi connectivity index (χ2v) is 6.29. The number of piperazine rings is 1. The first-order valence-corrected chi connectivity index (χ1v) is 8.70. The van der Waals surface area contributed by atoms with Crippen LogP contribution >= 0.6 is 0 Å². The van der Waals surface area contributed by atoms with Crippen LogP contribution in [0.1, 0.15) is 12.5 Å². The highest BCUT2D eigenvalue weighted by Crippen LogP contribution is 2.08. The Kier molecular flexibility index (Phi) is 7.53. The number of nitrogens with one attached hydrogen (secondary N) is 2. The molecule has 7 nitrogen and oxygen atoms in total. The van der Waals surface area contributed by atoms with Crippen molar-refractivity contribution in [2.24, 2.45) is 0 Å². The third kappa shape index (κ3) is 6.79. The van der Waals surface area contributed by atoms with Gasteiger partial charge < -0.3 is 15.5 Å². The monoisotopic (exact) mass is 364 g/mol. The predicted molar refractivity (Wildman–Crippen MR) is 94.8 cm³/mol. The Labute approximate surface area is 152 Å². The Balaban J connectivity index is 1.66. The molecule has 0 atom stereocenters. The number of rotatable bonds is 7. The highest BCUT2D eigenvalue weighted by molar-refractivity contribution is 5.79. The van der Waals surface area contributed by atoms with Crippen molar-refractivity contribution in [3.8, 4) is 0 Å². The zero-order valence-corrected chi connectivity index (χ0v) is 15.0. The summed E-state index contributed by atoms with van der Waals surface area (Å²) >= 11 is 0. The number of nitrogens with zero attached hydrogens (tertiary/aromatic N) is 2. The van der Waals surface area contributed by atoms with E-state index in [1.54, 1.807) is 17.0 Å². The van der Waals surface area contributed by atoms with E-state index in [0.29, 0.717) is 39.3 Å². The van der Waals surface area contributed by atoms with E-state index in [1.165, 1.54) is 19.1 Å². The van der Waals surface area contributed by atoms with Gasteiger partial charge in [-0.3, -0.25) is 19.3 Å². The van der Waals surface area contributed by atoms with Crippen LogP contribution in [0.2, 0.25) is 0 Å². The molecule has 0 unspecified atom stereocenters. The molecular formula is C18H25FN4O3. The Morgan fingerprint density at radius 2 is 1.62 bits per heavy atom. The van der Waals surface area contributed by atoms with Crippen molar-refractivity contribution in [1.29, 1.82) is 0 Å². The van der Waals surface area contributed by atoms with Crippen molar-refractivity contribution < 1.29 is 18.8 Å². The second kappa shape index (κ2) is 9.86. The highest BCUT2D eigenvalue weighted by Gasteiger charge is 2.22. The molecule has 2 N–H and O–H groups in total. The van der Waals surface area contributed by atoms with Crippen LogP contribution in [0.3, 0.4) is 0 Å². The minimum atomic E-state index is -0.315. The van der Waals surface area contributed by atoms with Crippen LogP contribution in [0.15, 0.2) is 24.3 Å². The number of carbonyl (C=O) groups excluding carboxylic acids is 3. The molecule has 0 bridgehead atoms. The zero-order valence-electron chi connectivity index (χ0n) is 15.0. The van der Waals surface area contributed by atoms with E-state index in [9.17, 15) is 18.8 Å². The molecule has 1 heterocycles. The summed E-state index contributed by atoms with van der Waals surface area (Å²) in [5.74, 6) is -0.525. The molecule has 0 aliphatic carbocycles. The van der Waals surface area contributed by atoms with Crippen LogP contribution in [0.4, 0.5) is 4.39 Å².